The second-order valence-corrected chi connectivity index (χ2v) is 5.37. The summed E-state index contributed by atoms with van der Waals surface area (Å²) in [4.78, 5) is 6.88. The summed E-state index contributed by atoms with van der Waals surface area (Å²) in [6, 6.07) is 0. The van der Waals surface area contributed by atoms with Crippen molar-refractivity contribution in [2.45, 2.75) is 32.6 Å². The summed E-state index contributed by atoms with van der Waals surface area (Å²) in [6.45, 7) is 6.82. The Kier molecular flexibility index (Phi) is 6.26. The van der Waals surface area contributed by atoms with Gasteiger partial charge < -0.3 is 15.0 Å². The van der Waals surface area contributed by atoms with Crippen LogP contribution in [0.25, 0.3) is 0 Å². The Hall–Kier alpha value is -1.14. The summed E-state index contributed by atoms with van der Waals surface area (Å²) in [7, 11) is 2.02. The van der Waals surface area contributed by atoms with Gasteiger partial charge >= 0.3 is 0 Å². The smallest absolute Gasteiger partial charge is 0.244 e. The van der Waals surface area contributed by atoms with Gasteiger partial charge in [-0.15, -0.1) is 5.10 Å². The molecule has 0 aromatic carbocycles. The number of nitrogens with one attached hydrogen (secondary N) is 2. The zero-order valence-electron chi connectivity index (χ0n) is 12.7. The fourth-order valence-corrected chi connectivity index (χ4v) is 2.65. The molecule has 1 aliphatic heterocycles. The van der Waals surface area contributed by atoms with Crippen LogP contribution in [0.4, 0.5) is 5.95 Å². The Morgan fingerprint density at radius 1 is 1.40 bits per heavy atom. The molecule has 0 atom stereocenters. The molecule has 0 radical (unpaired) electrons. The summed E-state index contributed by atoms with van der Waals surface area (Å²) in [5.74, 6) is 2.62. The number of aryl methyl sites for hydroxylation is 1. The SMILES string of the molecule is CCOCCCc1nc(N2CCC(CNC)CC2)n[nH]1. The third kappa shape index (κ3) is 4.45. The molecule has 1 aromatic rings. The highest BCUT2D eigenvalue weighted by Crippen LogP contribution is 2.20. The van der Waals surface area contributed by atoms with Crippen molar-refractivity contribution in [2.75, 3.05) is 44.8 Å². The van der Waals surface area contributed by atoms with Crippen LogP contribution in [0.15, 0.2) is 0 Å². The predicted molar refractivity (Wildman–Crippen MR) is 80.1 cm³/mol. The largest absolute Gasteiger partial charge is 0.382 e. The monoisotopic (exact) mass is 281 g/mol. The Labute approximate surface area is 121 Å². The molecule has 1 fully saturated rings. The third-order valence-corrected chi connectivity index (χ3v) is 3.82. The van der Waals surface area contributed by atoms with E-state index in [0.717, 1.165) is 63.4 Å². The second kappa shape index (κ2) is 8.21. The number of H-pyrrole nitrogens is 1. The zero-order chi connectivity index (χ0) is 14.2. The lowest BCUT2D eigenvalue weighted by Gasteiger charge is -2.30. The molecule has 1 aliphatic rings. The van der Waals surface area contributed by atoms with Crippen molar-refractivity contribution in [3.05, 3.63) is 5.82 Å². The quantitative estimate of drug-likeness (QED) is 0.701. The van der Waals surface area contributed by atoms with Crippen LogP contribution >= 0.6 is 0 Å². The highest BCUT2D eigenvalue weighted by molar-refractivity contribution is 5.29. The topological polar surface area (TPSA) is 66.1 Å². The molecule has 2 rings (SSSR count). The van der Waals surface area contributed by atoms with Crippen molar-refractivity contribution < 1.29 is 4.74 Å². The van der Waals surface area contributed by atoms with Gasteiger partial charge in [0.05, 0.1) is 0 Å². The maximum atomic E-state index is 5.33. The molecule has 2 N–H and O–H groups in total. The molecule has 0 amide bonds. The molecular weight excluding hydrogens is 254 g/mol. The van der Waals surface area contributed by atoms with Crippen LogP contribution in [0.5, 0.6) is 0 Å². The molecular formula is C14H27N5O. The minimum Gasteiger partial charge on any atom is -0.382 e. The second-order valence-electron chi connectivity index (χ2n) is 5.37. The van der Waals surface area contributed by atoms with E-state index in [4.69, 9.17) is 4.74 Å². The molecule has 0 saturated carbocycles. The van der Waals surface area contributed by atoms with Crippen LogP contribution in [0.2, 0.25) is 0 Å². The lowest BCUT2D eigenvalue weighted by Crippen LogP contribution is -2.37. The first-order valence-electron chi connectivity index (χ1n) is 7.72. The molecule has 0 spiro atoms. The molecule has 0 bridgehead atoms. The summed E-state index contributed by atoms with van der Waals surface area (Å²) < 4.78 is 5.33. The van der Waals surface area contributed by atoms with Crippen molar-refractivity contribution in [1.82, 2.24) is 20.5 Å². The van der Waals surface area contributed by atoms with Crippen LogP contribution in [0.1, 0.15) is 32.0 Å². The number of aromatic amines is 1. The van der Waals surface area contributed by atoms with E-state index in [0.29, 0.717) is 0 Å². The summed E-state index contributed by atoms with van der Waals surface area (Å²) in [5.41, 5.74) is 0. The molecule has 0 aliphatic carbocycles. The van der Waals surface area contributed by atoms with Crippen molar-refractivity contribution in [1.29, 1.82) is 0 Å². The minimum absolute atomic E-state index is 0.781. The highest BCUT2D eigenvalue weighted by atomic mass is 16.5. The molecule has 6 nitrogen and oxygen atoms in total. The van der Waals surface area contributed by atoms with E-state index in [9.17, 15) is 0 Å². The predicted octanol–water partition coefficient (Wildman–Crippen LogP) is 1.21. The first kappa shape index (κ1) is 15.3. The van der Waals surface area contributed by atoms with Crippen molar-refractivity contribution in [3.63, 3.8) is 0 Å². The van der Waals surface area contributed by atoms with Crippen LogP contribution in [0, 0.1) is 5.92 Å². The average molecular weight is 281 g/mol. The Morgan fingerprint density at radius 2 is 2.20 bits per heavy atom. The molecule has 6 heteroatoms. The zero-order valence-corrected chi connectivity index (χ0v) is 12.7. The van der Waals surface area contributed by atoms with E-state index < -0.39 is 0 Å². The first-order chi connectivity index (χ1) is 9.83. The third-order valence-electron chi connectivity index (χ3n) is 3.82. The van der Waals surface area contributed by atoms with Crippen molar-refractivity contribution >= 4 is 5.95 Å². The first-order valence-corrected chi connectivity index (χ1v) is 7.72. The number of hydrogen-bond acceptors (Lipinski definition) is 5. The average Bonchev–Trinajstić information content (AvgIpc) is 2.94. The number of aromatic nitrogens is 3. The van der Waals surface area contributed by atoms with Crippen LogP contribution in [0.3, 0.4) is 0 Å². The van der Waals surface area contributed by atoms with E-state index in [1.165, 1.54) is 12.8 Å². The number of piperidine rings is 1. The highest BCUT2D eigenvalue weighted by Gasteiger charge is 2.21. The molecule has 20 heavy (non-hydrogen) atoms. The standard InChI is InChI=1S/C14H27N5O/c1-3-20-10-4-5-13-16-14(18-17-13)19-8-6-12(7-9-19)11-15-2/h12,15H,3-11H2,1-2H3,(H,16,17,18). The van der Waals surface area contributed by atoms with Gasteiger partial charge in [-0.2, -0.15) is 4.98 Å². The lowest BCUT2D eigenvalue weighted by molar-refractivity contribution is 0.145. The normalized spacial score (nSPS) is 16.8. The van der Waals surface area contributed by atoms with Gasteiger partial charge in [-0.25, -0.2) is 0 Å². The Morgan fingerprint density at radius 3 is 2.90 bits per heavy atom. The Bertz CT molecular complexity index is 373. The van der Waals surface area contributed by atoms with Crippen molar-refractivity contribution in [3.8, 4) is 0 Å². The van der Waals surface area contributed by atoms with Gasteiger partial charge in [0.15, 0.2) is 0 Å². The van der Waals surface area contributed by atoms with Gasteiger partial charge in [0.2, 0.25) is 5.95 Å². The van der Waals surface area contributed by atoms with Gasteiger partial charge in [0, 0.05) is 32.7 Å². The fraction of sp³-hybridized carbons (Fsp3) is 0.857. The lowest BCUT2D eigenvalue weighted by atomic mass is 9.97. The molecule has 1 saturated heterocycles. The van der Waals surface area contributed by atoms with Crippen LogP contribution in [-0.2, 0) is 11.2 Å². The minimum atomic E-state index is 0.781. The number of ether oxygens (including phenoxy) is 1. The summed E-state index contributed by atoms with van der Waals surface area (Å²) >= 11 is 0. The number of anilines is 1. The fourth-order valence-electron chi connectivity index (χ4n) is 2.65. The van der Waals surface area contributed by atoms with Gasteiger partial charge in [0.25, 0.3) is 0 Å². The number of hydrogen-bond donors (Lipinski definition) is 2. The van der Waals surface area contributed by atoms with Gasteiger partial charge in [-0.3, -0.25) is 5.10 Å². The van der Waals surface area contributed by atoms with Gasteiger partial charge in [0.1, 0.15) is 5.82 Å². The van der Waals surface area contributed by atoms with Crippen molar-refractivity contribution in [2.24, 2.45) is 5.92 Å². The summed E-state index contributed by atoms with van der Waals surface area (Å²) in [6.07, 6.45) is 4.33. The van der Waals surface area contributed by atoms with E-state index in [1.807, 2.05) is 14.0 Å². The van der Waals surface area contributed by atoms with E-state index in [1.54, 1.807) is 0 Å². The molecule has 1 aromatic heterocycles. The molecule has 0 unspecified atom stereocenters. The van der Waals surface area contributed by atoms with E-state index in [2.05, 4.69) is 25.4 Å². The number of nitrogens with zero attached hydrogens (tertiary/aromatic N) is 3. The van der Waals surface area contributed by atoms with Crippen LogP contribution < -0.4 is 10.2 Å². The summed E-state index contributed by atoms with van der Waals surface area (Å²) in [5, 5.41) is 10.7. The molecule has 2 heterocycles. The maximum Gasteiger partial charge on any atom is 0.244 e. The maximum absolute atomic E-state index is 5.33. The van der Waals surface area contributed by atoms with Gasteiger partial charge in [-0.1, -0.05) is 0 Å². The van der Waals surface area contributed by atoms with Crippen LogP contribution in [-0.4, -0.2) is 55.1 Å². The van der Waals surface area contributed by atoms with E-state index >= 15 is 0 Å². The van der Waals surface area contributed by atoms with Gasteiger partial charge in [-0.05, 0) is 45.7 Å². The Balaban J connectivity index is 1.75. The van der Waals surface area contributed by atoms with E-state index in [-0.39, 0.29) is 0 Å². The number of rotatable bonds is 8. The molecule has 114 valence electrons.